The summed E-state index contributed by atoms with van der Waals surface area (Å²) in [5.41, 5.74) is -0.905. The first-order chi connectivity index (χ1) is 11.2. The third-order valence-corrected chi connectivity index (χ3v) is 3.33. The highest BCUT2D eigenvalue weighted by molar-refractivity contribution is 5.94. The Morgan fingerprint density at radius 3 is 2.54 bits per heavy atom. The van der Waals surface area contributed by atoms with Crippen molar-refractivity contribution in [2.75, 3.05) is 11.9 Å². The van der Waals surface area contributed by atoms with Gasteiger partial charge in [0, 0.05) is 5.69 Å². The molecule has 1 aromatic carbocycles. The summed E-state index contributed by atoms with van der Waals surface area (Å²) in [5.74, 6) is -1.84. The molecule has 5 nitrogen and oxygen atoms in total. The Labute approximate surface area is 138 Å². The Bertz CT molecular complexity index is 562. The van der Waals surface area contributed by atoms with Gasteiger partial charge in [-0.05, 0) is 31.2 Å². The van der Waals surface area contributed by atoms with Crippen LogP contribution >= 0.6 is 0 Å². The highest BCUT2D eigenvalue weighted by Crippen LogP contribution is 2.30. The molecule has 0 radical (unpaired) electrons. The van der Waals surface area contributed by atoms with Gasteiger partial charge >= 0.3 is 12.1 Å². The molecule has 0 aromatic heterocycles. The van der Waals surface area contributed by atoms with Gasteiger partial charge in [-0.2, -0.15) is 13.2 Å². The van der Waals surface area contributed by atoms with E-state index in [0.29, 0.717) is 6.54 Å². The van der Waals surface area contributed by atoms with Crippen molar-refractivity contribution in [3.63, 3.8) is 0 Å². The van der Waals surface area contributed by atoms with Crippen LogP contribution in [0.15, 0.2) is 24.3 Å². The van der Waals surface area contributed by atoms with Gasteiger partial charge in [0.1, 0.15) is 6.04 Å². The predicted octanol–water partition coefficient (Wildman–Crippen LogP) is 3.27. The number of aliphatic carboxylic acids is 1. The van der Waals surface area contributed by atoms with Crippen LogP contribution in [0.5, 0.6) is 0 Å². The topological polar surface area (TPSA) is 78.4 Å². The van der Waals surface area contributed by atoms with Crippen molar-refractivity contribution in [1.82, 2.24) is 5.32 Å². The van der Waals surface area contributed by atoms with E-state index >= 15 is 0 Å². The lowest BCUT2D eigenvalue weighted by Gasteiger charge is -2.15. The summed E-state index contributed by atoms with van der Waals surface area (Å²) in [6, 6.07) is 3.12. The Hall–Kier alpha value is -2.09. The molecule has 134 valence electrons. The minimum atomic E-state index is -4.51. The number of halogens is 3. The summed E-state index contributed by atoms with van der Waals surface area (Å²) in [6.07, 6.45) is -2.16. The molecular weight excluding hydrogens is 325 g/mol. The molecule has 0 aliphatic rings. The first-order valence-corrected chi connectivity index (χ1v) is 7.67. The second kappa shape index (κ2) is 9.27. The highest BCUT2D eigenvalue weighted by atomic mass is 19.4. The average Bonchev–Trinajstić information content (AvgIpc) is 2.49. The summed E-state index contributed by atoms with van der Waals surface area (Å²) in [6.45, 7) is 2.47. The third-order valence-electron chi connectivity index (χ3n) is 3.33. The van der Waals surface area contributed by atoms with Crippen LogP contribution < -0.4 is 10.6 Å². The second-order valence-electron chi connectivity index (χ2n) is 5.38. The van der Waals surface area contributed by atoms with Gasteiger partial charge in [-0.25, -0.2) is 0 Å². The van der Waals surface area contributed by atoms with E-state index in [4.69, 9.17) is 5.11 Å². The number of hydrogen-bond donors (Lipinski definition) is 3. The molecule has 0 fully saturated rings. The number of anilines is 1. The summed E-state index contributed by atoms with van der Waals surface area (Å²) in [4.78, 5) is 23.0. The summed E-state index contributed by atoms with van der Waals surface area (Å²) >= 11 is 0. The molecule has 0 heterocycles. The lowest BCUT2D eigenvalue weighted by atomic mass is 10.1. The van der Waals surface area contributed by atoms with Gasteiger partial charge in [0.05, 0.1) is 12.0 Å². The number of rotatable bonds is 9. The van der Waals surface area contributed by atoms with Crippen molar-refractivity contribution < 1.29 is 27.9 Å². The van der Waals surface area contributed by atoms with Crippen LogP contribution in [0.25, 0.3) is 0 Å². The fourth-order valence-corrected chi connectivity index (χ4v) is 2.07. The van der Waals surface area contributed by atoms with E-state index in [0.717, 1.165) is 31.4 Å². The number of benzene rings is 1. The summed E-state index contributed by atoms with van der Waals surface area (Å²) < 4.78 is 37.9. The number of carboxylic acid groups (broad SMARTS) is 1. The number of carboxylic acids is 1. The molecule has 0 aliphatic carbocycles. The molecule has 0 spiro atoms. The number of carbonyl (C=O) groups is 2. The van der Waals surface area contributed by atoms with Crippen molar-refractivity contribution in [2.45, 2.75) is 44.8 Å². The number of amides is 1. The second-order valence-corrected chi connectivity index (χ2v) is 5.38. The molecule has 0 aliphatic heterocycles. The van der Waals surface area contributed by atoms with E-state index in [9.17, 15) is 22.8 Å². The van der Waals surface area contributed by atoms with Crippen LogP contribution in [0.2, 0.25) is 0 Å². The first kappa shape index (κ1) is 20.0. The molecule has 1 atom stereocenters. The highest BCUT2D eigenvalue weighted by Gasteiger charge is 2.30. The molecule has 0 bridgehead atoms. The van der Waals surface area contributed by atoms with Gasteiger partial charge in [-0.1, -0.05) is 25.8 Å². The van der Waals surface area contributed by atoms with Crippen LogP contribution in [0.3, 0.4) is 0 Å². The largest absolute Gasteiger partial charge is 0.480 e. The molecule has 1 unspecified atom stereocenters. The molecule has 8 heteroatoms. The minimum Gasteiger partial charge on any atom is -0.480 e. The lowest BCUT2D eigenvalue weighted by Crippen LogP contribution is -2.40. The zero-order valence-corrected chi connectivity index (χ0v) is 13.3. The maximum absolute atomic E-state index is 12.6. The zero-order chi connectivity index (χ0) is 18.2. The third kappa shape index (κ3) is 6.99. The van der Waals surface area contributed by atoms with Gasteiger partial charge < -0.3 is 15.7 Å². The Morgan fingerprint density at radius 2 is 1.96 bits per heavy atom. The van der Waals surface area contributed by atoms with Gasteiger partial charge in [-0.3, -0.25) is 9.59 Å². The molecular formula is C16H21F3N2O3. The zero-order valence-electron chi connectivity index (χ0n) is 13.3. The number of unbranched alkanes of at least 4 members (excludes halogenated alkanes) is 2. The van der Waals surface area contributed by atoms with Crippen molar-refractivity contribution in [3.8, 4) is 0 Å². The van der Waals surface area contributed by atoms with Crippen LogP contribution in [0.1, 0.15) is 38.2 Å². The van der Waals surface area contributed by atoms with Gasteiger partial charge in [0.25, 0.3) is 0 Å². The Morgan fingerprint density at radius 1 is 1.25 bits per heavy atom. The molecule has 1 rings (SSSR count). The quantitative estimate of drug-likeness (QED) is 0.600. The number of hydrogen-bond acceptors (Lipinski definition) is 3. The lowest BCUT2D eigenvalue weighted by molar-refractivity contribution is -0.141. The van der Waals surface area contributed by atoms with Crippen molar-refractivity contribution in [2.24, 2.45) is 0 Å². The van der Waals surface area contributed by atoms with E-state index in [1.165, 1.54) is 12.1 Å². The molecule has 24 heavy (non-hydrogen) atoms. The molecule has 3 N–H and O–H groups in total. The first-order valence-electron chi connectivity index (χ1n) is 7.67. The molecule has 0 saturated heterocycles. The van der Waals surface area contributed by atoms with E-state index in [-0.39, 0.29) is 12.1 Å². The van der Waals surface area contributed by atoms with Crippen LogP contribution in [-0.2, 0) is 15.8 Å². The molecule has 0 saturated carbocycles. The van der Waals surface area contributed by atoms with E-state index in [2.05, 4.69) is 10.6 Å². The van der Waals surface area contributed by atoms with Crippen molar-refractivity contribution in [3.05, 3.63) is 29.8 Å². The molecule has 1 amide bonds. The monoisotopic (exact) mass is 346 g/mol. The van der Waals surface area contributed by atoms with Gasteiger partial charge in [-0.15, -0.1) is 0 Å². The van der Waals surface area contributed by atoms with Gasteiger partial charge in [0.15, 0.2) is 0 Å². The normalized spacial score (nSPS) is 12.7. The average molecular weight is 346 g/mol. The van der Waals surface area contributed by atoms with E-state index < -0.39 is 29.7 Å². The predicted molar refractivity (Wildman–Crippen MR) is 83.6 cm³/mol. The van der Waals surface area contributed by atoms with E-state index in [1.54, 1.807) is 0 Å². The summed E-state index contributed by atoms with van der Waals surface area (Å²) in [5, 5.41) is 14.2. The SMILES string of the molecule is CCCCCNC(CC(=O)Nc1cccc(C(F)(F)F)c1)C(=O)O. The fourth-order valence-electron chi connectivity index (χ4n) is 2.07. The van der Waals surface area contributed by atoms with Crippen molar-refractivity contribution in [1.29, 1.82) is 0 Å². The maximum Gasteiger partial charge on any atom is 0.416 e. The Balaban J connectivity index is 2.61. The summed E-state index contributed by atoms with van der Waals surface area (Å²) in [7, 11) is 0. The minimum absolute atomic E-state index is 0.0232. The number of carbonyl (C=O) groups excluding carboxylic acids is 1. The Kier molecular flexibility index (Phi) is 7.70. The number of alkyl halides is 3. The van der Waals surface area contributed by atoms with E-state index in [1.807, 2.05) is 6.92 Å². The van der Waals surface area contributed by atoms with Crippen LogP contribution in [0.4, 0.5) is 18.9 Å². The van der Waals surface area contributed by atoms with Crippen LogP contribution in [0, 0.1) is 0 Å². The van der Waals surface area contributed by atoms with Crippen molar-refractivity contribution >= 4 is 17.6 Å². The van der Waals surface area contributed by atoms with Crippen LogP contribution in [-0.4, -0.2) is 29.6 Å². The molecule has 1 aromatic rings. The maximum atomic E-state index is 12.6. The smallest absolute Gasteiger partial charge is 0.416 e. The van der Waals surface area contributed by atoms with Gasteiger partial charge in [0.2, 0.25) is 5.91 Å². The number of nitrogens with one attached hydrogen (secondary N) is 2. The standard InChI is InChI=1S/C16H21F3N2O3/c1-2-3-4-8-20-13(15(23)24)10-14(22)21-12-7-5-6-11(9-12)16(17,18)19/h5-7,9,13,20H,2-4,8,10H2,1H3,(H,21,22)(H,23,24). The fraction of sp³-hybridized carbons (Fsp3) is 0.500.